The fourth-order valence-electron chi connectivity index (χ4n) is 2.66. The van der Waals surface area contributed by atoms with Gasteiger partial charge in [-0.15, -0.1) is 0 Å². The van der Waals surface area contributed by atoms with Gasteiger partial charge in [-0.3, -0.25) is 0 Å². The lowest BCUT2D eigenvalue weighted by atomic mass is 10.1. The number of nitrogens with one attached hydrogen (secondary N) is 1. The number of rotatable bonds is 3. The fraction of sp³-hybridized carbons (Fsp3) is 0.571. The third kappa shape index (κ3) is 2.49. The minimum Gasteiger partial charge on any atom is -0.493 e. The van der Waals surface area contributed by atoms with Gasteiger partial charge in [0.25, 0.3) is 0 Å². The number of benzene rings is 1. The van der Waals surface area contributed by atoms with Gasteiger partial charge in [-0.05, 0) is 23.6 Å². The van der Waals surface area contributed by atoms with E-state index in [4.69, 9.17) is 4.74 Å². The average molecular weight is 250 g/mol. The molecule has 1 fully saturated rings. The van der Waals surface area contributed by atoms with Gasteiger partial charge in [-0.25, -0.2) is 4.39 Å². The molecule has 0 spiro atoms. The zero-order valence-corrected chi connectivity index (χ0v) is 10.5. The highest BCUT2D eigenvalue weighted by molar-refractivity contribution is 5.40. The number of hydrogen-bond acceptors (Lipinski definition) is 3. The van der Waals surface area contributed by atoms with Crippen molar-refractivity contribution >= 4 is 0 Å². The van der Waals surface area contributed by atoms with Crippen LogP contribution >= 0.6 is 0 Å². The second kappa shape index (κ2) is 5.24. The second-order valence-electron chi connectivity index (χ2n) is 4.99. The summed E-state index contributed by atoms with van der Waals surface area (Å²) in [7, 11) is 0. The molecule has 1 aromatic rings. The Morgan fingerprint density at radius 3 is 2.94 bits per heavy atom. The Labute approximate surface area is 107 Å². The molecule has 0 radical (unpaired) electrons. The third-order valence-electron chi connectivity index (χ3n) is 3.77. The van der Waals surface area contributed by atoms with Gasteiger partial charge in [-0.1, -0.05) is 0 Å². The molecule has 0 amide bonds. The van der Waals surface area contributed by atoms with Crippen LogP contribution in [0.5, 0.6) is 5.75 Å². The first kappa shape index (κ1) is 11.9. The van der Waals surface area contributed by atoms with Crippen LogP contribution in [0.2, 0.25) is 0 Å². The quantitative estimate of drug-likeness (QED) is 0.872. The van der Waals surface area contributed by atoms with Crippen LogP contribution in [0.4, 0.5) is 4.39 Å². The number of ether oxygens (including phenoxy) is 1. The molecule has 1 saturated heterocycles. The van der Waals surface area contributed by atoms with Crippen molar-refractivity contribution < 1.29 is 9.13 Å². The van der Waals surface area contributed by atoms with Gasteiger partial charge in [0.05, 0.1) is 6.61 Å². The Balaban J connectivity index is 1.65. The van der Waals surface area contributed by atoms with Crippen molar-refractivity contribution in [3.8, 4) is 5.75 Å². The largest absolute Gasteiger partial charge is 0.493 e. The van der Waals surface area contributed by atoms with Gasteiger partial charge < -0.3 is 15.0 Å². The highest BCUT2D eigenvalue weighted by Crippen LogP contribution is 2.28. The first-order chi connectivity index (χ1) is 8.83. The summed E-state index contributed by atoms with van der Waals surface area (Å²) in [6.45, 7) is 5.85. The SMILES string of the molecule is Fc1cc2c(cc1CCN1CCNCC1)CCO2. The summed E-state index contributed by atoms with van der Waals surface area (Å²) in [5.74, 6) is 0.615. The molecule has 1 aromatic carbocycles. The standard InChI is InChI=1S/C14H19FN2O/c15-13-10-14-12(2-8-18-14)9-11(13)1-5-17-6-3-16-4-7-17/h9-10,16H,1-8H2. The molecule has 18 heavy (non-hydrogen) atoms. The van der Waals surface area contributed by atoms with Crippen LogP contribution in [0.25, 0.3) is 0 Å². The van der Waals surface area contributed by atoms with Crippen molar-refractivity contribution in [2.75, 3.05) is 39.3 Å². The normalized spacial score (nSPS) is 19.6. The molecule has 2 aliphatic heterocycles. The lowest BCUT2D eigenvalue weighted by Gasteiger charge is -2.27. The van der Waals surface area contributed by atoms with E-state index in [2.05, 4.69) is 10.2 Å². The first-order valence-corrected chi connectivity index (χ1v) is 6.70. The molecule has 0 aromatic heterocycles. The summed E-state index contributed by atoms with van der Waals surface area (Å²) in [6.07, 6.45) is 1.70. The van der Waals surface area contributed by atoms with Crippen LogP contribution < -0.4 is 10.1 Å². The predicted octanol–water partition coefficient (Wildman–Crippen LogP) is 1.21. The maximum Gasteiger partial charge on any atom is 0.130 e. The van der Waals surface area contributed by atoms with Crippen molar-refractivity contribution in [3.05, 3.63) is 29.1 Å². The number of fused-ring (bicyclic) bond motifs is 1. The van der Waals surface area contributed by atoms with Crippen LogP contribution in [-0.4, -0.2) is 44.2 Å². The van der Waals surface area contributed by atoms with Crippen LogP contribution in [-0.2, 0) is 12.8 Å². The highest BCUT2D eigenvalue weighted by atomic mass is 19.1. The van der Waals surface area contributed by atoms with Gasteiger partial charge in [0.1, 0.15) is 11.6 Å². The lowest BCUT2D eigenvalue weighted by Crippen LogP contribution is -2.44. The van der Waals surface area contributed by atoms with Gasteiger partial charge >= 0.3 is 0 Å². The number of nitrogens with zero attached hydrogens (tertiary/aromatic N) is 1. The first-order valence-electron chi connectivity index (χ1n) is 6.70. The predicted molar refractivity (Wildman–Crippen MR) is 68.6 cm³/mol. The molecule has 3 nitrogen and oxygen atoms in total. The van der Waals surface area contributed by atoms with Gasteiger partial charge in [0.15, 0.2) is 0 Å². The molecule has 4 heteroatoms. The summed E-state index contributed by atoms with van der Waals surface area (Å²) in [6, 6.07) is 3.54. The molecular weight excluding hydrogens is 231 g/mol. The van der Waals surface area contributed by atoms with Crippen molar-refractivity contribution in [1.29, 1.82) is 0 Å². The smallest absolute Gasteiger partial charge is 0.130 e. The fourth-order valence-corrected chi connectivity index (χ4v) is 2.66. The number of hydrogen-bond donors (Lipinski definition) is 1. The maximum atomic E-state index is 13.9. The van der Waals surface area contributed by atoms with Crippen LogP contribution in [0, 0.1) is 5.82 Å². The van der Waals surface area contributed by atoms with Crippen molar-refractivity contribution in [2.45, 2.75) is 12.8 Å². The molecule has 2 aliphatic rings. The molecule has 2 heterocycles. The molecule has 1 N–H and O–H groups in total. The Bertz CT molecular complexity index is 430. The Kier molecular flexibility index (Phi) is 3.48. The van der Waals surface area contributed by atoms with E-state index in [9.17, 15) is 4.39 Å². The molecule has 98 valence electrons. The zero-order valence-electron chi connectivity index (χ0n) is 10.5. The average Bonchev–Trinajstić information content (AvgIpc) is 2.84. The lowest BCUT2D eigenvalue weighted by molar-refractivity contribution is 0.243. The van der Waals surface area contributed by atoms with Crippen LogP contribution in [0.1, 0.15) is 11.1 Å². The molecule has 0 saturated carbocycles. The van der Waals surface area contributed by atoms with E-state index in [-0.39, 0.29) is 5.82 Å². The number of halogens is 1. The van der Waals surface area contributed by atoms with Crippen LogP contribution in [0.3, 0.4) is 0 Å². The molecular formula is C14H19FN2O. The summed E-state index contributed by atoms with van der Waals surface area (Å²) >= 11 is 0. The second-order valence-corrected chi connectivity index (χ2v) is 4.99. The van der Waals surface area contributed by atoms with E-state index in [1.54, 1.807) is 6.07 Å². The summed E-state index contributed by atoms with van der Waals surface area (Å²) < 4.78 is 19.3. The molecule has 0 atom stereocenters. The van der Waals surface area contributed by atoms with Gasteiger partial charge in [0, 0.05) is 45.2 Å². The van der Waals surface area contributed by atoms with E-state index >= 15 is 0 Å². The van der Waals surface area contributed by atoms with E-state index < -0.39 is 0 Å². The summed E-state index contributed by atoms with van der Waals surface area (Å²) in [4.78, 5) is 2.39. The third-order valence-corrected chi connectivity index (χ3v) is 3.77. The number of piperazine rings is 1. The molecule has 0 bridgehead atoms. The van der Waals surface area contributed by atoms with E-state index in [1.807, 2.05) is 6.07 Å². The van der Waals surface area contributed by atoms with E-state index in [0.717, 1.165) is 62.4 Å². The monoisotopic (exact) mass is 250 g/mol. The Morgan fingerprint density at radius 1 is 1.28 bits per heavy atom. The van der Waals surface area contributed by atoms with Gasteiger partial charge in [-0.2, -0.15) is 0 Å². The minimum atomic E-state index is -0.120. The van der Waals surface area contributed by atoms with E-state index in [0.29, 0.717) is 6.61 Å². The highest BCUT2D eigenvalue weighted by Gasteiger charge is 2.17. The van der Waals surface area contributed by atoms with E-state index in [1.165, 1.54) is 0 Å². The van der Waals surface area contributed by atoms with Gasteiger partial charge in [0.2, 0.25) is 0 Å². The maximum absolute atomic E-state index is 13.9. The molecule has 0 aliphatic carbocycles. The van der Waals surface area contributed by atoms with Crippen molar-refractivity contribution in [3.63, 3.8) is 0 Å². The molecule has 0 unspecified atom stereocenters. The Morgan fingerprint density at radius 2 is 2.11 bits per heavy atom. The topological polar surface area (TPSA) is 24.5 Å². The summed E-state index contributed by atoms with van der Waals surface area (Å²) in [5, 5.41) is 3.33. The molecule has 3 rings (SSSR count). The zero-order chi connectivity index (χ0) is 12.4. The van der Waals surface area contributed by atoms with Crippen LogP contribution in [0.15, 0.2) is 12.1 Å². The Hall–Kier alpha value is -1.13. The van der Waals surface area contributed by atoms with Crippen molar-refractivity contribution in [1.82, 2.24) is 10.2 Å². The minimum absolute atomic E-state index is 0.120. The summed E-state index contributed by atoms with van der Waals surface area (Å²) in [5.41, 5.74) is 1.99. The van der Waals surface area contributed by atoms with Crippen molar-refractivity contribution in [2.24, 2.45) is 0 Å².